The van der Waals surface area contributed by atoms with Crippen LogP contribution in [0.2, 0.25) is 0 Å². The fourth-order valence-corrected chi connectivity index (χ4v) is 2.15. The smallest absolute Gasteiger partial charge is 0.146 e. The van der Waals surface area contributed by atoms with Gasteiger partial charge in [-0.2, -0.15) is 0 Å². The highest BCUT2D eigenvalue weighted by molar-refractivity contribution is 9.10. The van der Waals surface area contributed by atoms with Gasteiger partial charge >= 0.3 is 0 Å². The van der Waals surface area contributed by atoms with E-state index in [1.165, 1.54) is 13.2 Å². The molecule has 20 heavy (non-hydrogen) atoms. The van der Waals surface area contributed by atoms with Gasteiger partial charge in [-0.25, -0.2) is 14.4 Å². The molecular weight excluding hydrogens is 325 g/mol. The summed E-state index contributed by atoms with van der Waals surface area (Å²) >= 11 is 3.33. The molecule has 106 valence electrons. The molecule has 1 heterocycles. The maximum absolute atomic E-state index is 13.8. The SMILES string of the molecule is CCCc1nc(Br)cc(Nc2cc(OC)ccc2F)n1. The molecule has 0 saturated carbocycles. The average molecular weight is 340 g/mol. The number of anilines is 2. The number of hydrogen-bond acceptors (Lipinski definition) is 4. The summed E-state index contributed by atoms with van der Waals surface area (Å²) in [6.07, 6.45) is 1.72. The maximum atomic E-state index is 13.8. The second-order valence-electron chi connectivity index (χ2n) is 4.21. The Kier molecular flexibility index (Phi) is 4.89. The van der Waals surface area contributed by atoms with Crippen molar-refractivity contribution in [1.29, 1.82) is 0 Å². The van der Waals surface area contributed by atoms with Crippen molar-refractivity contribution in [1.82, 2.24) is 9.97 Å². The zero-order chi connectivity index (χ0) is 14.5. The first-order valence-electron chi connectivity index (χ1n) is 6.26. The first kappa shape index (κ1) is 14.7. The number of ether oxygens (including phenoxy) is 1. The van der Waals surface area contributed by atoms with Crippen LogP contribution in [0.5, 0.6) is 5.75 Å². The average Bonchev–Trinajstić information content (AvgIpc) is 2.41. The standard InChI is InChI=1S/C14H15BrFN3O/c1-3-4-13-18-12(15)8-14(19-13)17-11-7-9(20-2)5-6-10(11)16/h5-8H,3-4H2,1-2H3,(H,17,18,19). The molecule has 2 aromatic rings. The van der Waals surface area contributed by atoms with Crippen molar-refractivity contribution in [3.63, 3.8) is 0 Å². The van der Waals surface area contributed by atoms with Crippen LogP contribution in [0, 0.1) is 5.82 Å². The van der Waals surface area contributed by atoms with Crippen LogP contribution in [0.15, 0.2) is 28.9 Å². The van der Waals surface area contributed by atoms with Crippen molar-refractivity contribution in [3.8, 4) is 5.75 Å². The van der Waals surface area contributed by atoms with E-state index in [2.05, 4.69) is 38.1 Å². The Bertz CT molecular complexity index is 607. The normalized spacial score (nSPS) is 10.4. The molecule has 4 nitrogen and oxygen atoms in total. The second kappa shape index (κ2) is 6.65. The van der Waals surface area contributed by atoms with Crippen LogP contribution in [0.3, 0.4) is 0 Å². The third-order valence-electron chi connectivity index (χ3n) is 2.65. The molecule has 1 N–H and O–H groups in total. The van der Waals surface area contributed by atoms with E-state index in [-0.39, 0.29) is 5.82 Å². The molecule has 0 aliphatic carbocycles. The molecule has 6 heteroatoms. The summed E-state index contributed by atoms with van der Waals surface area (Å²) in [7, 11) is 1.54. The molecule has 0 atom stereocenters. The maximum Gasteiger partial charge on any atom is 0.146 e. The van der Waals surface area contributed by atoms with Gasteiger partial charge in [-0.15, -0.1) is 0 Å². The van der Waals surface area contributed by atoms with Crippen LogP contribution < -0.4 is 10.1 Å². The minimum absolute atomic E-state index is 0.317. The summed E-state index contributed by atoms with van der Waals surface area (Å²) in [6, 6.07) is 6.21. The quantitative estimate of drug-likeness (QED) is 0.833. The monoisotopic (exact) mass is 339 g/mol. The number of aromatic nitrogens is 2. The van der Waals surface area contributed by atoms with Gasteiger partial charge in [0, 0.05) is 18.6 Å². The van der Waals surface area contributed by atoms with E-state index in [0.717, 1.165) is 12.8 Å². The van der Waals surface area contributed by atoms with Crippen LogP contribution in [0.1, 0.15) is 19.2 Å². The first-order valence-corrected chi connectivity index (χ1v) is 7.05. The number of halogens is 2. The van der Waals surface area contributed by atoms with Crippen molar-refractivity contribution >= 4 is 27.4 Å². The molecule has 0 unspecified atom stereocenters. The van der Waals surface area contributed by atoms with Crippen molar-refractivity contribution in [2.45, 2.75) is 19.8 Å². The Morgan fingerprint density at radius 1 is 1.30 bits per heavy atom. The number of methoxy groups -OCH3 is 1. The summed E-state index contributed by atoms with van der Waals surface area (Å²) in [5, 5.41) is 2.95. The Morgan fingerprint density at radius 3 is 2.80 bits per heavy atom. The van der Waals surface area contributed by atoms with Gasteiger partial charge in [-0.1, -0.05) is 6.92 Å². The molecule has 1 aromatic heterocycles. The van der Waals surface area contributed by atoms with Crippen molar-refractivity contribution in [2.75, 3.05) is 12.4 Å². The summed E-state index contributed by atoms with van der Waals surface area (Å²) in [5.74, 6) is 1.48. The lowest BCUT2D eigenvalue weighted by Crippen LogP contribution is -2.02. The minimum atomic E-state index is -0.363. The van der Waals surface area contributed by atoms with Crippen LogP contribution in [0.25, 0.3) is 0 Å². The number of nitrogens with one attached hydrogen (secondary N) is 1. The highest BCUT2D eigenvalue weighted by Gasteiger charge is 2.07. The lowest BCUT2D eigenvalue weighted by atomic mass is 10.3. The Morgan fingerprint density at radius 2 is 2.10 bits per heavy atom. The predicted molar refractivity (Wildman–Crippen MR) is 80.0 cm³/mol. The van der Waals surface area contributed by atoms with E-state index >= 15 is 0 Å². The van der Waals surface area contributed by atoms with E-state index in [4.69, 9.17) is 4.74 Å². The summed E-state index contributed by atoms with van der Waals surface area (Å²) in [4.78, 5) is 8.62. The molecule has 0 spiro atoms. The largest absolute Gasteiger partial charge is 0.497 e. The van der Waals surface area contributed by atoms with Crippen molar-refractivity contribution < 1.29 is 9.13 Å². The van der Waals surface area contributed by atoms with Crippen LogP contribution in [0.4, 0.5) is 15.9 Å². The minimum Gasteiger partial charge on any atom is -0.497 e. The molecule has 2 rings (SSSR count). The number of hydrogen-bond donors (Lipinski definition) is 1. The van der Waals surface area contributed by atoms with Gasteiger partial charge in [0.05, 0.1) is 12.8 Å². The fourth-order valence-electron chi connectivity index (χ4n) is 1.73. The van der Waals surface area contributed by atoms with E-state index in [1.807, 2.05) is 0 Å². The highest BCUT2D eigenvalue weighted by Crippen LogP contribution is 2.25. The topological polar surface area (TPSA) is 47.0 Å². The summed E-state index contributed by atoms with van der Waals surface area (Å²) in [5.41, 5.74) is 0.317. The molecular formula is C14H15BrFN3O. The van der Waals surface area contributed by atoms with Gasteiger partial charge in [-0.05, 0) is 34.5 Å². The molecule has 0 aliphatic heterocycles. The van der Waals surface area contributed by atoms with Gasteiger partial charge < -0.3 is 10.1 Å². The summed E-state index contributed by atoms with van der Waals surface area (Å²) < 4.78 is 19.5. The summed E-state index contributed by atoms with van der Waals surface area (Å²) in [6.45, 7) is 2.05. The second-order valence-corrected chi connectivity index (χ2v) is 5.03. The number of nitrogens with zero attached hydrogens (tertiary/aromatic N) is 2. The van der Waals surface area contributed by atoms with Gasteiger partial charge in [0.2, 0.25) is 0 Å². The lowest BCUT2D eigenvalue weighted by Gasteiger charge is -2.10. The van der Waals surface area contributed by atoms with Gasteiger partial charge in [-0.3, -0.25) is 0 Å². The molecule has 1 aromatic carbocycles. The van der Waals surface area contributed by atoms with Crippen LogP contribution in [-0.2, 0) is 6.42 Å². The molecule has 0 amide bonds. The fraction of sp³-hybridized carbons (Fsp3) is 0.286. The van der Waals surface area contributed by atoms with Crippen LogP contribution >= 0.6 is 15.9 Å². The Balaban J connectivity index is 2.29. The predicted octanol–water partition coefficient (Wildman–Crippen LogP) is 4.08. The first-order chi connectivity index (χ1) is 9.62. The highest BCUT2D eigenvalue weighted by atomic mass is 79.9. The lowest BCUT2D eigenvalue weighted by molar-refractivity contribution is 0.414. The van der Waals surface area contributed by atoms with E-state index < -0.39 is 0 Å². The number of rotatable bonds is 5. The van der Waals surface area contributed by atoms with Gasteiger partial charge in [0.1, 0.15) is 27.8 Å². The molecule has 0 aliphatic rings. The number of benzene rings is 1. The van der Waals surface area contributed by atoms with Crippen molar-refractivity contribution in [2.24, 2.45) is 0 Å². The van der Waals surface area contributed by atoms with Crippen LogP contribution in [-0.4, -0.2) is 17.1 Å². The van der Waals surface area contributed by atoms with E-state index in [9.17, 15) is 4.39 Å². The number of aryl methyl sites for hydroxylation is 1. The molecule has 0 bridgehead atoms. The van der Waals surface area contributed by atoms with E-state index in [1.54, 1.807) is 18.2 Å². The van der Waals surface area contributed by atoms with E-state index in [0.29, 0.717) is 27.7 Å². The Hall–Kier alpha value is -1.69. The molecule has 0 radical (unpaired) electrons. The Labute approximate surface area is 125 Å². The van der Waals surface area contributed by atoms with Gasteiger partial charge in [0.25, 0.3) is 0 Å². The molecule has 0 fully saturated rings. The van der Waals surface area contributed by atoms with Crippen molar-refractivity contribution in [3.05, 3.63) is 40.5 Å². The van der Waals surface area contributed by atoms with Gasteiger partial charge in [0.15, 0.2) is 0 Å². The zero-order valence-corrected chi connectivity index (χ0v) is 12.9. The third kappa shape index (κ3) is 3.66. The molecule has 0 saturated heterocycles. The zero-order valence-electron chi connectivity index (χ0n) is 11.3. The third-order valence-corrected chi connectivity index (χ3v) is 3.06.